The van der Waals surface area contributed by atoms with Gasteiger partial charge in [-0.1, -0.05) is 63.2 Å². The fraction of sp³-hybridized carbons (Fsp3) is 0.400. The van der Waals surface area contributed by atoms with Gasteiger partial charge in [-0.3, -0.25) is 0 Å². The third kappa shape index (κ3) is 3.44. The van der Waals surface area contributed by atoms with Gasteiger partial charge in [-0.15, -0.1) is 0 Å². The van der Waals surface area contributed by atoms with Gasteiger partial charge in [-0.25, -0.2) is 0 Å². The Morgan fingerprint density at radius 3 is 1.96 bits per heavy atom. The second-order valence-electron chi connectivity index (χ2n) is 7.44. The molecule has 122 valence electrons. The Morgan fingerprint density at radius 1 is 0.783 bits per heavy atom. The lowest BCUT2D eigenvalue weighted by molar-refractivity contribution is -0.137. The van der Waals surface area contributed by atoms with Crippen LogP contribution in [0.25, 0.3) is 0 Å². The minimum atomic E-state index is -4.27. The first-order chi connectivity index (χ1) is 10.7. The van der Waals surface area contributed by atoms with E-state index in [1.807, 2.05) is 6.07 Å². The van der Waals surface area contributed by atoms with Crippen LogP contribution < -0.4 is 0 Å². The van der Waals surface area contributed by atoms with Crippen molar-refractivity contribution >= 4 is 0 Å². The Labute approximate surface area is 135 Å². The SMILES string of the molecule is CC(C)(C)c1ccc([C@H]2C[C@H]2c2cccc(C(F)(F)F)c2)cc1. The van der Waals surface area contributed by atoms with E-state index in [2.05, 4.69) is 45.0 Å². The summed E-state index contributed by atoms with van der Waals surface area (Å²) in [7, 11) is 0. The number of hydrogen-bond donors (Lipinski definition) is 0. The van der Waals surface area contributed by atoms with E-state index >= 15 is 0 Å². The lowest BCUT2D eigenvalue weighted by Gasteiger charge is -2.19. The first kappa shape index (κ1) is 16.1. The van der Waals surface area contributed by atoms with Gasteiger partial charge in [0.2, 0.25) is 0 Å². The highest BCUT2D eigenvalue weighted by Gasteiger charge is 2.40. The number of halogens is 3. The predicted octanol–water partition coefficient (Wildman–Crippen LogP) is 6.27. The molecule has 0 heterocycles. The summed E-state index contributed by atoms with van der Waals surface area (Å²) >= 11 is 0. The predicted molar refractivity (Wildman–Crippen MR) is 86.7 cm³/mol. The van der Waals surface area contributed by atoms with Crippen LogP contribution in [0.3, 0.4) is 0 Å². The zero-order valence-corrected chi connectivity index (χ0v) is 13.6. The van der Waals surface area contributed by atoms with E-state index in [4.69, 9.17) is 0 Å². The summed E-state index contributed by atoms with van der Waals surface area (Å²) in [5, 5.41) is 0. The number of rotatable bonds is 2. The molecule has 1 fully saturated rings. The molecule has 3 heteroatoms. The Bertz CT molecular complexity index is 690. The van der Waals surface area contributed by atoms with Crippen molar-refractivity contribution in [1.82, 2.24) is 0 Å². The van der Waals surface area contributed by atoms with Gasteiger partial charge in [0.25, 0.3) is 0 Å². The minimum Gasteiger partial charge on any atom is -0.166 e. The van der Waals surface area contributed by atoms with Crippen molar-refractivity contribution in [2.24, 2.45) is 0 Å². The first-order valence-corrected chi connectivity index (χ1v) is 7.94. The van der Waals surface area contributed by atoms with E-state index in [0.717, 1.165) is 18.1 Å². The molecule has 0 aromatic heterocycles. The average Bonchev–Trinajstić information content (AvgIpc) is 3.26. The zero-order chi connectivity index (χ0) is 16.8. The molecule has 0 amide bonds. The summed E-state index contributed by atoms with van der Waals surface area (Å²) in [5.41, 5.74) is 2.86. The molecule has 0 unspecified atom stereocenters. The van der Waals surface area contributed by atoms with E-state index in [1.54, 1.807) is 0 Å². The van der Waals surface area contributed by atoms with E-state index in [-0.39, 0.29) is 11.3 Å². The molecule has 23 heavy (non-hydrogen) atoms. The summed E-state index contributed by atoms with van der Waals surface area (Å²) in [5.74, 6) is 0.547. The maximum absolute atomic E-state index is 12.8. The molecule has 2 atom stereocenters. The van der Waals surface area contributed by atoms with Gasteiger partial charge < -0.3 is 0 Å². The summed E-state index contributed by atoms with van der Waals surface area (Å²) in [6.45, 7) is 6.51. The lowest BCUT2D eigenvalue weighted by atomic mass is 9.86. The van der Waals surface area contributed by atoms with Gasteiger partial charge in [-0.2, -0.15) is 13.2 Å². The molecule has 2 aromatic carbocycles. The van der Waals surface area contributed by atoms with Crippen LogP contribution in [0.5, 0.6) is 0 Å². The topological polar surface area (TPSA) is 0 Å². The fourth-order valence-corrected chi connectivity index (χ4v) is 3.11. The second kappa shape index (κ2) is 5.40. The summed E-state index contributed by atoms with van der Waals surface area (Å²) < 4.78 is 38.5. The van der Waals surface area contributed by atoms with Crippen molar-refractivity contribution in [3.8, 4) is 0 Å². The van der Waals surface area contributed by atoms with Gasteiger partial charge in [0.1, 0.15) is 0 Å². The number of benzene rings is 2. The fourth-order valence-electron chi connectivity index (χ4n) is 3.11. The molecule has 0 bridgehead atoms. The Balaban J connectivity index is 1.77. The minimum absolute atomic E-state index is 0.114. The van der Waals surface area contributed by atoms with Gasteiger partial charge >= 0.3 is 6.18 Å². The van der Waals surface area contributed by atoms with Crippen molar-refractivity contribution in [1.29, 1.82) is 0 Å². The number of hydrogen-bond acceptors (Lipinski definition) is 0. The first-order valence-electron chi connectivity index (χ1n) is 7.94. The molecular weight excluding hydrogens is 297 g/mol. The van der Waals surface area contributed by atoms with Crippen LogP contribution in [0.15, 0.2) is 48.5 Å². The highest BCUT2D eigenvalue weighted by molar-refractivity contribution is 5.40. The number of alkyl halides is 3. The Hall–Kier alpha value is -1.77. The summed E-state index contributed by atoms with van der Waals surface area (Å²) in [6, 6.07) is 14.3. The average molecular weight is 318 g/mol. The molecule has 0 aliphatic heterocycles. The van der Waals surface area contributed by atoms with Gasteiger partial charge in [-0.05, 0) is 46.4 Å². The van der Waals surface area contributed by atoms with E-state index in [0.29, 0.717) is 5.92 Å². The highest BCUT2D eigenvalue weighted by Crippen LogP contribution is 2.55. The van der Waals surface area contributed by atoms with Crippen LogP contribution in [-0.4, -0.2) is 0 Å². The smallest absolute Gasteiger partial charge is 0.166 e. The van der Waals surface area contributed by atoms with Crippen LogP contribution in [0.1, 0.15) is 61.3 Å². The van der Waals surface area contributed by atoms with Crippen LogP contribution in [-0.2, 0) is 11.6 Å². The molecule has 3 rings (SSSR count). The van der Waals surface area contributed by atoms with Crippen LogP contribution in [0, 0.1) is 0 Å². The molecule has 1 aliphatic rings. The van der Waals surface area contributed by atoms with Gasteiger partial charge in [0.15, 0.2) is 0 Å². The standard InChI is InChI=1S/C20H21F3/c1-19(2,3)15-9-7-13(8-10-15)17-12-18(17)14-5-4-6-16(11-14)20(21,22)23/h4-11,17-18H,12H2,1-3H3/t17-,18+/m1/s1. The van der Waals surface area contributed by atoms with E-state index in [9.17, 15) is 13.2 Å². The monoisotopic (exact) mass is 318 g/mol. The molecule has 0 saturated heterocycles. The Morgan fingerprint density at radius 2 is 1.39 bits per heavy atom. The van der Waals surface area contributed by atoms with Crippen molar-refractivity contribution in [3.63, 3.8) is 0 Å². The van der Waals surface area contributed by atoms with Crippen LogP contribution in [0.2, 0.25) is 0 Å². The van der Waals surface area contributed by atoms with Crippen molar-refractivity contribution in [3.05, 3.63) is 70.8 Å². The molecule has 2 aromatic rings. The van der Waals surface area contributed by atoms with Gasteiger partial charge in [0.05, 0.1) is 5.56 Å². The molecule has 0 radical (unpaired) electrons. The molecule has 0 N–H and O–H groups in total. The summed E-state index contributed by atoms with van der Waals surface area (Å²) in [6.07, 6.45) is -3.34. The molecule has 0 spiro atoms. The quantitative estimate of drug-likeness (QED) is 0.612. The van der Waals surface area contributed by atoms with E-state index in [1.165, 1.54) is 23.3 Å². The normalized spacial score (nSPS) is 21.3. The third-order valence-corrected chi connectivity index (χ3v) is 4.64. The summed E-state index contributed by atoms with van der Waals surface area (Å²) in [4.78, 5) is 0. The van der Waals surface area contributed by atoms with Crippen LogP contribution in [0.4, 0.5) is 13.2 Å². The maximum Gasteiger partial charge on any atom is 0.416 e. The zero-order valence-electron chi connectivity index (χ0n) is 13.6. The molecule has 0 nitrogen and oxygen atoms in total. The van der Waals surface area contributed by atoms with Crippen LogP contribution >= 0.6 is 0 Å². The van der Waals surface area contributed by atoms with Gasteiger partial charge in [0, 0.05) is 0 Å². The highest BCUT2D eigenvalue weighted by atomic mass is 19.4. The molecule has 1 saturated carbocycles. The Kier molecular flexibility index (Phi) is 3.78. The molecular formula is C20H21F3. The maximum atomic E-state index is 12.8. The largest absolute Gasteiger partial charge is 0.416 e. The molecule has 1 aliphatic carbocycles. The van der Waals surface area contributed by atoms with Crippen molar-refractivity contribution in [2.75, 3.05) is 0 Å². The van der Waals surface area contributed by atoms with Crippen molar-refractivity contribution in [2.45, 2.75) is 50.6 Å². The van der Waals surface area contributed by atoms with Crippen molar-refractivity contribution < 1.29 is 13.2 Å². The van der Waals surface area contributed by atoms with E-state index < -0.39 is 11.7 Å². The third-order valence-electron chi connectivity index (χ3n) is 4.64. The second-order valence-corrected chi connectivity index (χ2v) is 7.44. The lowest BCUT2D eigenvalue weighted by Crippen LogP contribution is -2.10.